The van der Waals surface area contributed by atoms with E-state index in [4.69, 9.17) is 5.11 Å². The van der Waals surface area contributed by atoms with Crippen LogP contribution in [-0.4, -0.2) is 41.5 Å². The van der Waals surface area contributed by atoms with Crippen molar-refractivity contribution >= 4 is 17.6 Å². The molecule has 5 heteroatoms. The third kappa shape index (κ3) is 3.82. The Kier molecular flexibility index (Phi) is 4.96. The summed E-state index contributed by atoms with van der Waals surface area (Å²) in [5, 5.41) is 12.0. The highest BCUT2D eigenvalue weighted by molar-refractivity contribution is 5.93. The second-order valence-corrected chi connectivity index (χ2v) is 5.57. The molecule has 0 aromatic heterocycles. The fourth-order valence-corrected chi connectivity index (χ4v) is 2.76. The summed E-state index contributed by atoms with van der Waals surface area (Å²) in [7, 11) is 0. The van der Waals surface area contributed by atoms with E-state index in [9.17, 15) is 9.59 Å². The quantitative estimate of drug-likeness (QED) is 0.869. The molecule has 0 aliphatic carbocycles. The van der Waals surface area contributed by atoms with Crippen molar-refractivity contribution in [2.75, 3.05) is 25.0 Å². The molecule has 1 aliphatic heterocycles. The molecule has 5 nitrogen and oxygen atoms in total. The molecule has 0 spiro atoms. The van der Waals surface area contributed by atoms with Crippen LogP contribution in [0.1, 0.15) is 24.5 Å². The predicted octanol–water partition coefficient (Wildman–Crippen LogP) is 1.90. The molecule has 1 aliphatic rings. The van der Waals surface area contributed by atoms with E-state index in [1.807, 2.05) is 30.0 Å². The van der Waals surface area contributed by atoms with Gasteiger partial charge in [-0.25, -0.2) is 0 Å². The van der Waals surface area contributed by atoms with Gasteiger partial charge in [-0.3, -0.25) is 14.5 Å². The Morgan fingerprint density at radius 1 is 1.43 bits per heavy atom. The Bertz CT molecular complexity index is 542. The topological polar surface area (TPSA) is 69.6 Å². The van der Waals surface area contributed by atoms with Gasteiger partial charge in [-0.05, 0) is 37.4 Å². The van der Waals surface area contributed by atoms with Crippen LogP contribution in [0.4, 0.5) is 5.69 Å². The number of aryl methyl sites for hydroxylation is 2. The smallest absolute Gasteiger partial charge is 0.307 e. The van der Waals surface area contributed by atoms with Crippen molar-refractivity contribution in [2.24, 2.45) is 5.92 Å². The minimum absolute atomic E-state index is 0.0787. The Morgan fingerprint density at radius 2 is 2.19 bits per heavy atom. The molecular weight excluding hydrogens is 268 g/mol. The molecule has 21 heavy (non-hydrogen) atoms. The molecule has 0 saturated carbocycles. The monoisotopic (exact) mass is 290 g/mol. The molecule has 1 unspecified atom stereocenters. The van der Waals surface area contributed by atoms with E-state index in [0.29, 0.717) is 19.5 Å². The number of aliphatic carboxylic acids is 1. The largest absolute Gasteiger partial charge is 0.481 e. The summed E-state index contributed by atoms with van der Waals surface area (Å²) in [6.07, 6.45) is 1.48. The molecule has 2 rings (SSSR count). The third-order valence-corrected chi connectivity index (χ3v) is 3.99. The zero-order valence-electron chi connectivity index (χ0n) is 12.6. The number of hydrogen-bond donors (Lipinski definition) is 2. The van der Waals surface area contributed by atoms with Gasteiger partial charge in [-0.1, -0.05) is 25.1 Å². The van der Waals surface area contributed by atoms with Gasteiger partial charge in [0.25, 0.3) is 0 Å². The van der Waals surface area contributed by atoms with E-state index in [1.54, 1.807) is 0 Å². The van der Waals surface area contributed by atoms with Crippen LogP contribution in [0.3, 0.4) is 0 Å². The van der Waals surface area contributed by atoms with Gasteiger partial charge in [0.05, 0.1) is 12.5 Å². The highest BCUT2D eigenvalue weighted by atomic mass is 16.4. The van der Waals surface area contributed by atoms with E-state index >= 15 is 0 Å². The number of carbonyl (C=O) groups excluding carboxylic acids is 1. The second-order valence-electron chi connectivity index (χ2n) is 5.57. The molecule has 114 valence electrons. The van der Waals surface area contributed by atoms with Crippen molar-refractivity contribution < 1.29 is 14.7 Å². The molecule has 1 aromatic carbocycles. The first kappa shape index (κ1) is 15.5. The van der Waals surface area contributed by atoms with Crippen molar-refractivity contribution in [3.05, 3.63) is 29.3 Å². The summed E-state index contributed by atoms with van der Waals surface area (Å²) in [6, 6.07) is 5.98. The number of carboxylic acid groups (broad SMARTS) is 1. The van der Waals surface area contributed by atoms with Crippen LogP contribution < -0.4 is 5.32 Å². The minimum atomic E-state index is -0.773. The van der Waals surface area contributed by atoms with Gasteiger partial charge < -0.3 is 10.4 Å². The van der Waals surface area contributed by atoms with E-state index in [2.05, 4.69) is 12.2 Å². The first-order chi connectivity index (χ1) is 10.0. The summed E-state index contributed by atoms with van der Waals surface area (Å²) < 4.78 is 0. The fourth-order valence-electron chi connectivity index (χ4n) is 2.76. The molecule has 1 saturated heterocycles. The van der Waals surface area contributed by atoms with E-state index in [1.165, 1.54) is 0 Å². The van der Waals surface area contributed by atoms with Crippen LogP contribution in [0.15, 0.2) is 18.2 Å². The summed E-state index contributed by atoms with van der Waals surface area (Å²) >= 11 is 0. The molecule has 1 atom stereocenters. The highest BCUT2D eigenvalue weighted by Gasteiger charge is 2.28. The number of carboxylic acids is 1. The number of amides is 1. The number of benzene rings is 1. The number of hydrogen-bond acceptors (Lipinski definition) is 3. The Morgan fingerprint density at radius 3 is 2.81 bits per heavy atom. The number of anilines is 1. The molecule has 2 N–H and O–H groups in total. The van der Waals surface area contributed by atoms with Crippen molar-refractivity contribution in [1.82, 2.24) is 4.90 Å². The number of nitrogens with zero attached hydrogens (tertiary/aromatic N) is 1. The van der Waals surface area contributed by atoms with Gasteiger partial charge in [0.1, 0.15) is 0 Å². The fraction of sp³-hybridized carbons (Fsp3) is 0.500. The van der Waals surface area contributed by atoms with Crippen molar-refractivity contribution in [1.29, 1.82) is 0 Å². The summed E-state index contributed by atoms with van der Waals surface area (Å²) in [6.45, 7) is 5.41. The molecule has 1 amide bonds. The predicted molar refractivity (Wildman–Crippen MR) is 81.4 cm³/mol. The van der Waals surface area contributed by atoms with Crippen LogP contribution in [0.25, 0.3) is 0 Å². The van der Waals surface area contributed by atoms with Gasteiger partial charge in [-0.15, -0.1) is 0 Å². The molecule has 1 fully saturated rings. The van der Waals surface area contributed by atoms with Crippen LogP contribution in [0, 0.1) is 12.8 Å². The molecule has 1 aromatic rings. The highest BCUT2D eigenvalue weighted by Crippen LogP contribution is 2.21. The maximum atomic E-state index is 12.2. The number of likely N-dealkylation sites (tertiary alicyclic amines) is 1. The van der Waals surface area contributed by atoms with Gasteiger partial charge in [-0.2, -0.15) is 0 Å². The summed E-state index contributed by atoms with van der Waals surface area (Å²) in [5.41, 5.74) is 3.06. The molecule has 0 radical (unpaired) electrons. The number of carbonyl (C=O) groups is 2. The van der Waals surface area contributed by atoms with Gasteiger partial charge in [0, 0.05) is 12.2 Å². The standard InChI is InChI=1S/C16H22N2O3/c1-3-12-6-4-5-11(2)15(12)17-14(19)10-18-8-7-13(9-18)16(20)21/h4-6,13H,3,7-10H2,1-2H3,(H,17,19)(H,20,21). The second kappa shape index (κ2) is 6.72. The first-order valence-corrected chi connectivity index (χ1v) is 7.34. The van der Waals surface area contributed by atoms with Gasteiger partial charge in [0.2, 0.25) is 5.91 Å². The van der Waals surface area contributed by atoms with Crippen LogP contribution in [0.5, 0.6) is 0 Å². The maximum absolute atomic E-state index is 12.2. The molecule has 0 bridgehead atoms. The van der Waals surface area contributed by atoms with Crippen molar-refractivity contribution in [2.45, 2.75) is 26.7 Å². The third-order valence-electron chi connectivity index (χ3n) is 3.99. The lowest BCUT2D eigenvalue weighted by atomic mass is 10.1. The lowest BCUT2D eigenvalue weighted by Crippen LogP contribution is -2.32. The van der Waals surface area contributed by atoms with E-state index in [0.717, 1.165) is 23.2 Å². The summed E-state index contributed by atoms with van der Waals surface area (Å²) in [5.74, 6) is -1.20. The lowest BCUT2D eigenvalue weighted by molar-refractivity contribution is -0.141. The zero-order valence-corrected chi connectivity index (χ0v) is 12.6. The number of para-hydroxylation sites is 1. The van der Waals surface area contributed by atoms with Gasteiger partial charge >= 0.3 is 5.97 Å². The number of nitrogens with one attached hydrogen (secondary N) is 1. The average molecular weight is 290 g/mol. The summed E-state index contributed by atoms with van der Waals surface area (Å²) in [4.78, 5) is 25.0. The molecule has 1 heterocycles. The first-order valence-electron chi connectivity index (χ1n) is 7.34. The molecular formula is C16H22N2O3. The maximum Gasteiger partial charge on any atom is 0.307 e. The minimum Gasteiger partial charge on any atom is -0.481 e. The Balaban J connectivity index is 1.95. The lowest BCUT2D eigenvalue weighted by Gasteiger charge is -2.17. The average Bonchev–Trinajstić information content (AvgIpc) is 2.89. The number of rotatable bonds is 5. The van der Waals surface area contributed by atoms with E-state index in [-0.39, 0.29) is 18.4 Å². The Hall–Kier alpha value is -1.88. The SMILES string of the molecule is CCc1cccc(C)c1NC(=O)CN1CCC(C(=O)O)C1. The van der Waals surface area contributed by atoms with Gasteiger partial charge in [0.15, 0.2) is 0 Å². The Labute approximate surface area is 125 Å². The van der Waals surface area contributed by atoms with E-state index < -0.39 is 5.97 Å². The van der Waals surface area contributed by atoms with Crippen LogP contribution >= 0.6 is 0 Å². The normalized spacial score (nSPS) is 18.7. The zero-order chi connectivity index (χ0) is 15.4. The van der Waals surface area contributed by atoms with Crippen LogP contribution in [-0.2, 0) is 16.0 Å². The van der Waals surface area contributed by atoms with Crippen molar-refractivity contribution in [3.63, 3.8) is 0 Å². The van der Waals surface area contributed by atoms with Crippen LogP contribution in [0.2, 0.25) is 0 Å². The van der Waals surface area contributed by atoms with Crippen molar-refractivity contribution in [3.8, 4) is 0 Å².